The molecule has 0 N–H and O–H groups in total. The Balaban J connectivity index is 1.73. The summed E-state index contributed by atoms with van der Waals surface area (Å²) < 4.78 is 29.0. The summed E-state index contributed by atoms with van der Waals surface area (Å²) in [6.07, 6.45) is 0.831. The van der Waals surface area contributed by atoms with Gasteiger partial charge < -0.3 is 0 Å². The van der Waals surface area contributed by atoms with Crippen molar-refractivity contribution in [3.05, 3.63) is 63.0 Å². The molecule has 2 aromatic carbocycles. The van der Waals surface area contributed by atoms with Crippen LogP contribution in [-0.2, 0) is 16.6 Å². The molecule has 0 radical (unpaired) electrons. The van der Waals surface area contributed by atoms with E-state index in [-0.39, 0.29) is 0 Å². The molecule has 1 saturated heterocycles. The molecule has 2 aromatic rings. The molecule has 3 rings (SSSR count). The number of halogens is 2. The molecule has 1 aliphatic heterocycles. The molecule has 7 heteroatoms. The van der Waals surface area contributed by atoms with Crippen LogP contribution in [0.1, 0.15) is 12.0 Å². The van der Waals surface area contributed by atoms with Crippen LogP contribution in [0, 0.1) is 0 Å². The van der Waals surface area contributed by atoms with E-state index in [9.17, 15) is 8.42 Å². The highest BCUT2D eigenvalue weighted by atomic mass is 79.9. The maximum absolute atomic E-state index is 13.0. The summed E-state index contributed by atoms with van der Waals surface area (Å²) in [4.78, 5) is 2.64. The molecule has 0 bridgehead atoms. The monoisotopic (exact) mass is 486 g/mol. The van der Waals surface area contributed by atoms with E-state index in [1.807, 2.05) is 24.3 Å². The summed E-state index contributed by atoms with van der Waals surface area (Å²) in [5.74, 6) is 0. The van der Waals surface area contributed by atoms with Gasteiger partial charge in [0.2, 0.25) is 10.0 Å². The summed E-state index contributed by atoms with van der Waals surface area (Å²) >= 11 is 6.73. The SMILES string of the molecule is O=S(=O)(c1cc(Br)ccc1Br)N1CCCN(Cc2ccccc2)CC1. The van der Waals surface area contributed by atoms with Crippen LogP contribution < -0.4 is 0 Å². The minimum Gasteiger partial charge on any atom is -0.298 e. The van der Waals surface area contributed by atoms with E-state index in [2.05, 4.69) is 48.9 Å². The van der Waals surface area contributed by atoms with Gasteiger partial charge in [-0.05, 0) is 52.7 Å². The third-order valence-corrected chi connectivity index (χ3v) is 7.69. The lowest BCUT2D eigenvalue weighted by molar-refractivity contribution is 0.278. The minimum absolute atomic E-state index is 0.318. The molecule has 1 aliphatic rings. The highest BCUT2D eigenvalue weighted by Gasteiger charge is 2.28. The lowest BCUT2D eigenvalue weighted by Crippen LogP contribution is -2.35. The number of rotatable bonds is 4. The Kier molecular flexibility index (Phi) is 6.33. The van der Waals surface area contributed by atoms with E-state index in [0.717, 1.165) is 30.5 Å². The smallest absolute Gasteiger partial charge is 0.244 e. The molecule has 1 fully saturated rings. The van der Waals surface area contributed by atoms with Gasteiger partial charge in [0.25, 0.3) is 0 Å². The zero-order valence-electron chi connectivity index (χ0n) is 13.7. The molecule has 25 heavy (non-hydrogen) atoms. The number of benzene rings is 2. The first-order valence-corrected chi connectivity index (χ1v) is 11.2. The van der Waals surface area contributed by atoms with Crippen LogP contribution >= 0.6 is 31.9 Å². The topological polar surface area (TPSA) is 40.6 Å². The average Bonchev–Trinajstić information content (AvgIpc) is 2.84. The first kappa shape index (κ1) is 19.0. The molecule has 0 saturated carbocycles. The second-order valence-corrected chi connectivity index (χ2v) is 9.77. The van der Waals surface area contributed by atoms with E-state index in [1.54, 1.807) is 16.4 Å². The van der Waals surface area contributed by atoms with Gasteiger partial charge in [0.15, 0.2) is 0 Å². The van der Waals surface area contributed by atoms with Crippen molar-refractivity contribution in [2.24, 2.45) is 0 Å². The molecule has 0 aromatic heterocycles. The van der Waals surface area contributed by atoms with Crippen molar-refractivity contribution in [3.63, 3.8) is 0 Å². The Morgan fingerprint density at radius 2 is 1.68 bits per heavy atom. The zero-order chi connectivity index (χ0) is 17.9. The standard InChI is InChI=1S/C18H20Br2N2O2S/c19-16-7-8-17(20)18(13-16)25(23,24)22-10-4-9-21(11-12-22)14-15-5-2-1-3-6-15/h1-3,5-8,13H,4,9-12,14H2. The lowest BCUT2D eigenvalue weighted by atomic mass is 10.2. The third kappa shape index (κ3) is 4.71. The van der Waals surface area contributed by atoms with Gasteiger partial charge in [-0.25, -0.2) is 8.42 Å². The number of hydrogen-bond donors (Lipinski definition) is 0. The number of nitrogens with zero attached hydrogens (tertiary/aromatic N) is 2. The zero-order valence-corrected chi connectivity index (χ0v) is 17.7. The molecule has 0 aliphatic carbocycles. The predicted octanol–water partition coefficient (Wildman–Crippen LogP) is 4.11. The second-order valence-electron chi connectivity index (χ2n) is 6.09. The second kappa shape index (κ2) is 8.31. The maximum atomic E-state index is 13.0. The fourth-order valence-electron chi connectivity index (χ4n) is 3.00. The van der Waals surface area contributed by atoms with E-state index in [1.165, 1.54) is 5.56 Å². The third-order valence-electron chi connectivity index (χ3n) is 4.31. The quantitative estimate of drug-likeness (QED) is 0.651. The fraction of sp³-hybridized carbons (Fsp3) is 0.333. The minimum atomic E-state index is -3.51. The summed E-state index contributed by atoms with van der Waals surface area (Å²) in [6, 6.07) is 15.5. The molecular weight excluding hydrogens is 468 g/mol. The maximum Gasteiger partial charge on any atom is 0.244 e. The van der Waals surface area contributed by atoms with Gasteiger partial charge in [-0.2, -0.15) is 4.31 Å². The van der Waals surface area contributed by atoms with Crippen molar-refractivity contribution in [1.29, 1.82) is 0 Å². The molecular formula is C18H20Br2N2O2S. The van der Waals surface area contributed by atoms with Crippen molar-refractivity contribution in [2.45, 2.75) is 17.9 Å². The Morgan fingerprint density at radius 1 is 0.920 bits per heavy atom. The van der Waals surface area contributed by atoms with Gasteiger partial charge in [0, 0.05) is 35.1 Å². The number of sulfonamides is 1. The molecule has 0 unspecified atom stereocenters. The van der Waals surface area contributed by atoms with Crippen molar-refractivity contribution in [1.82, 2.24) is 9.21 Å². The molecule has 134 valence electrons. The Bertz CT molecular complexity index is 828. The van der Waals surface area contributed by atoms with Crippen LogP contribution in [0.2, 0.25) is 0 Å². The van der Waals surface area contributed by atoms with Crippen LogP contribution in [0.5, 0.6) is 0 Å². The lowest BCUT2D eigenvalue weighted by Gasteiger charge is -2.22. The van der Waals surface area contributed by atoms with Crippen LogP contribution in [0.15, 0.2) is 62.4 Å². The van der Waals surface area contributed by atoms with Gasteiger partial charge >= 0.3 is 0 Å². The molecule has 4 nitrogen and oxygen atoms in total. The van der Waals surface area contributed by atoms with Crippen molar-refractivity contribution < 1.29 is 8.42 Å². The predicted molar refractivity (Wildman–Crippen MR) is 107 cm³/mol. The summed E-state index contributed by atoms with van der Waals surface area (Å²) in [7, 11) is -3.51. The summed E-state index contributed by atoms with van der Waals surface area (Å²) in [6.45, 7) is 3.55. The highest BCUT2D eigenvalue weighted by molar-refractivity contribution is 9.11. The molecule has 1 heterocycles. The van der Waals surface area contributed by atoms with Crippen molar-refractivity contribution in [2.75, 3.05) is 26.2 Å². The van der Waals surface area contributed by atoms with Gasteiger partial charge in [-0.3, -0.25) is 4.90 Å². The molecule has 0 spiro atoms. The van der Waals surface area contributed by atoms with Crippen LogP contribution in [0.3, 0.4) is 0 Å². The first-order chi connectivity index (χ1) is 12.0. The van der Waals surface area contributed by atoms with E-state index in [0.29, 0.717) is 22.5 Å². The van der Waals surface area contributed by atoms with Gasteiger partial charge in [-0.15, -0.1) is 0 Å². The van der Waals surface area contributed by atoms with Gasteiger partial charge in [0.05, 0.1) is 4.90 Å². The highest BCUT2D eigenvalue weighted by Crippen LogP contribution is 2.28. The van der Waals surface area contributed by atoms with E-state index in [4.69, 9.17) is 0 Å². The first-order valence-electron chi connectivity index (χ1n) is 8.18. The summed E-state index contributed by atoms with van der Waals surface area (Å²) in [5, 5.41) is 0. The summed E-state index contributed by atoms with van der Waals surface area (Å²) in [5.41, 5.74) is 1.26. The Morgan fingerprint density at radius 3 is 2.44 bits per heavy atom. The van der Waals surface area contributed by atoms with Crippen LogP contribution in [-0.4, -0.2) is 43.8 Å². The fourth-order valence-corrected chi connectivity index (χ4v) is 5.93. The largest absolute Gasteiger partial charge is 0.298 e. The Hall–Kier alpha value is -0.730. The van der Waals surface area contributed by atoms with Gasteiger partial charge in [0.1, 0.15) is 0 Å². The molecule has 0 atom stereocenters. The van der Waals surface area contributed by atoms with Gasteiger partial charge in [-0.1, -0.05) is 46.3 Å². The number of hydrogen-bond acceptors (Lipinski definition) is 3. The van der Waals surface area contributed by atoms with E-state index >= 15 is 0 Å². The van der Waals surface area contributed by atoms with Crippen LogP contribution in [0.25, 0.3) is 0 Å². The molecule has 0 amide bonds. The van der Waals surface area contributed by atoms with E-state index < -0.39 is 10.0 Å². The van der Waals surface area contributed by atoms with Crippen LogP contribution in [0.4, 0.5) is 0 Å². The van der Waals surface area contributed by atoms with Crippen molar-refractivity contribution in [3.8, 4) is 0 Å². The Labute approximate surface area is 166 Å². The van der Waals surface area contributed by atoms with Crippen molar-refractivity contribution >= 4 is 41.9 Å². The average molecular weight is 488 g/mol. The normalized spacial score (nSPS) is 17.4.